The van der Waals surface area contributed by atoms with Crippen LogP contribution in [0.4, 0.5) is 0 Å². The van der Waals surface area contributed by atoms with E-state index in [9.17, 15) is 9.90 Å². The Labute approximate surface area is 131 Å². The van der Waals surface area contributed by atoms with Crippen LogP contribution in [-0.4, -0.2) is 57.8 Å². The van der Waals surface area contributed by atoms with Crippen molar-refractivity contribution in [2.75, 3.05) is 19.6 Å². The van der Waals surface area contributed by atoms with E-state index in [4.69, 9.17) is 4.52 Å². The molecule has 6 heteroatoms. The Morgan fingerprint density at radius 3 is 2.64 bits per heavy atom. The highest BCUT2D eigenvalue weighted by Gasteiger charge is 2.36. The van der Waals surface area contributed by atoms with Gasteiger partial charge in [0.15, 0.2) is 0 Å². The lowest BCUT2D eigenvalue weighted by atomic mass is 9.95. The summed E-state index contributed by atoms with van der Waals surface area (Å²) in [6, 6.07) is 0.0116. The molecule has 122 valence electrons. The van der Waals surface area contributed by atoms with Crippen molar-refractivity contribution >= 4 is 5.97 Å². The van der Waals surface area contributed by atoms with Crippen molar-refractivity contribution < 1.29 is 14.4 Å². The molecule has 0 spiro atoms. The molecule has 2 atom stereocenters. The summed E-state index contributed by atoms with van der Waals surface area (Å²) in [6.45, 7) is 7.50. The largest absolute Gasteiger partial charge is 0.480 e. The molecule has 0 aliphatic carbocycles. The number of aromatic nitrogens is 1. The third-order valence-electron chi connectivity index (χ3n) is 5.17. The van der Waals surface area contributed by atoms with Crippen molar-refractivity contribution in [1.29, 1.82) is 0 Å². The predicted octanol–water partition coefficient (Wildman–Crippen LogP) is 1.80. The number of hydrogen-bond donors (Lipinski definition) is 1. The number of nitrogens with zero attached hydrogens (tertiary/aromatic N) is 3. The van der Waals surface area contributed by atoms with Crippen LogP contribution < -0.4 is 0 Å². The molecule has 22 heavy (non-hydrogen) atoms. The minimum Gasteiger partial charge on any atom is -0.480 e. The fourth-order valence-electron chi connectivity index (χ4n) is 3.81. The van der Waals surface area contributed by atoms with Gasteiger partial charge in [-0.2, -0.15) is 0 Å². The summed E-state index contributed by atoms with van der Waals surface area (Å²) in [6.07, 6.45) is 4.26. The number of aliphatic carboxylic acids is 1. The molecule has 0 unspecified atom stereocenters. The van der Waals surface area contributed by atoms with Crippen LogP contribution in [0.1, 0.15) is 42.7 Å². The van der Waals surface area contributed by atoms with E-state index in [-0.39, 0.29) is 0 Å². The Bertz CT molecular complexity index is 517. The molecule has 0 aromatic carbocycles. The molecule has 0 saturated carbocycles. The SMILES string of the molecule is Cc1noc(C)c1CN1CC[C@@H](N2CCCC2)C[C@H]1C(=O)O. The maximum Gasteiger partial charge on any atom is 0.320 e. The van der Waals surface area contributed by atoms with E-state index in [2.05, 4.69) is 15.0 Å². The van der Waals surface area contributed by atoms with Crippen molar-refractivity contribution in [3.05, 3.63) is 17.0 Å². The molecule has 6 nitrogen and oxygen atoms in total. The zero-order valence-corrected chi connectivity index (χ0v) is 13.4. The number of rotatable bonds is 4. The minimum absolute atomic E-state index is 0.409. The molecule has 3 rings (SSSR count). The van der Waals surface area contributed by atoms with Gasteiger partial charge in [0.25, 0.3) is 0 Å². The summed E-state index contributed by atoms with van der Waals surface area (Å²) in [5.41, 5.74) is 1.90. The average Bonchev–Trinajstić information content (AvgIpc) is 3.13. The number of piperidine rings is 1. The number of carboxylic acid groups (broad SMARTS) is 1. The van der Waals surface area contributed by atoms with Crippen LogP contribution in [0.3, 0.4) is 0 Å². The smallest absolute Gasteiger partial charge is 0.320 e. The number of likely N-dealkylation sites (tertiary alicyclic amines) is 2. The minimum atomic E-state index is -0.712. The van der Waals surface area contributed by atoms with Crippen LogP contribution in [0.5, 0.6) is 0 Å². The van der Waals surface area contributed by atoms with Gasteiger partial charge >= 0.3 is 5.97 Å². The first-order valence-corrected chi connectivity index (χ1v) is 8.19. The molecule has 1 aromatic heterocycles. The fraction of sp³-hybridized carbons (Fsp3) is 0.750. The number of carboxylic acids is 1. The molecular weight excluding hydrogens is 282 g/mol. The Kier molecular flexibility index (Phi) is 4.49. The van der Waals surface area contributed by atoms with E-state index in [1.807, 2.05) is 13.8 Å². The molecule has 2 aliphatic heterocycles. The van der Waals surface area contributed by atoms with Crippen molar-refractivity contribution in [3.63, 3.8) is 0 Å². The topological polar surface area (TPSA) is 69.8 Å². The molecule has 1 N–H and O–H groups in total. The maximum atomic E-state index is 11.7. The molecule has 0 amide bonds. The highest BCUT2D eigenvalue weighted by molar-refractivity contribution is 5.73. The lowest BCUT2D eigenvalue weighted by Crippen LogP contribution is -2.52. The van der Waals surface area contributed by atoms with Gasteiger partial charge in [-0.25, -0.2) is 0 Å². The van der Waals surface area contributed by atoms with E-state index in [0.717, 1.165) is 49.5 Å². The number of hydrogen-bond acceptors (Lipinski definition) is 5. The first kappa shape index (κ1) is 15.5. The van der Waals surface area contributed by atoms with Crippen molar-refractivity contribution in [1.82, 2.24) is 15.0 Å². The lowest BCUT2D eigenvalue weighted by Gasteiger charge is -2.40. The molecule has 2 fully saturated rings. The number of aryl methyl sites for hydroxylation is 2. The predicted molar refractivity (Wildman–Crippen MR) is 81.6 cm³/mol. The first-order chi connectivity index (χ1) is 10.6. The quantitative estimate of drug-likeness (QED) is 0.915. The normalized spacial score (nSPS) is 27.4. The highest BCUT2D eigenvalue weighted by Crippen LogP contribution is 2.27. The summed E-state index contributed by atoms with van der Waals surface area (Å²) in [7, 11) is 0. The average molecular weight is 307 g/mol. The highest BCUT2D eigenvalue weighted by atomic mass is 16.5. The third kappa shape index (κ3) is 3.03. The molecule has 2 aliphatic rings. The molecule has 1 aromatic rings. The van der Waals surface area contributed by atoms with Gasteiger partial charge in [-0.15, -0.1) is 0 Å². The van der Waals surface area contributed by atoms with Crippen LogP contribution in [0, 0.1) is 13.8 Å². The summed E-state index contributed by atoms with van der Waals surface area (Å²) in [4.78, 5) is 16.3. The molecular formula is C16H25N3O3. The molecule has 0 bridgehead atoms. The van der Waals surface area contributed by atoms with Crippen molar-refractivity contribution in [2.24, 2.45) is 0 Å². The van der Waals surface area contributed by atoms with E-state index < -0.39 is 12.0 Å². The summed E-state index contributed by atoms with van der Waals surface area (Å²) in [5, 5.41) is 13.6. The molecule has 2 saturated heterocycles. The zero-order valence-electron chi connectivity index (χ0n) is 13.4. The summed E-state index contributed by atoms with van der Waals surface area (Å²) in [5.74, 6) is 0.0824. The van der Waals surface area contributed by atoms with Gasteiger partial charge in [-0.05, 0) is 52.6 Å². The lowest BCUT2D eigenvalue weighted by molar-refractivity contribution is -0.146. The summed E-state index contributed by atoms with van der Waals surface area (Å²) >= 11 is 0. The zero-order chi connectivity index (χ0) is 15.7. The van der Waals surface area contributed by atoms with Crippen LogP contribution in [-0.2, 0) is 11.3 Å². The monoisotopic (exact) mass is 307 g/mol. The van der Waals surface area contributed by atoms with Gasteiger partial charge in [0.2, 0.25) is 0 Å². The Morgan fingerprint density at radius 2 is 2.05 bits per heavy atom. The van der Waals surface area contributed by atoms with Crippen LogP contribution in [0.25, 0.3) is 0 Å². The Hall–Kier alpha value is -1.40. The third-order valence-corrected chi connectivity index (χ3v) is 5.17. The molecule has 3 heterocycles. The fourth-order valence-corrected chi connectivity index (χ4v) is 3.81. The molecule has 0 radical (unpaired) electrons. The van der Waals surface area contributed by atoms with Gasteiger partial charge in [-0.3, -0.25) is 9.69 Å². The van der Waals surface area contributed by atoms with E-state index >= 15 is 0 Å². The van der Waals surface area contributed by atoms with E-state index in [0.29, 0.717) is 12.6 Å². The van der Waals surface area contributed by atoms with E-state index in [1.54, 1.807) is 0 Å². The van der Waals surface area contributed by atoms with E-state index in [1.165, 1.54) is 12.8 Å². The second kappa shape index (κ2) is 6.38. The van der Waals surface area contributed by atoms with Crippen LogP contribution >= 0.6 is 0 Å². The van der Waals surface area contributed by atoms with Crippen molar-refractivity contribution in [3.8, 4) is 0 Å². The van der Waals surface area contributed by atoms with Gasteiger partial charge < -0.3 is 14.5 Å². The summed E-state index contributed by atoms with van der Waals surface area (Å²) < 4.78 is 5.20. The maximum absolute atomic E-state index is 11.7. The van der Waals surface area contributed by atoms with Gasteiger partial charge in [0.1, 0.15) is 11.8 Å². The first-order valence-electron chi connectivity index (χ1n) is 8.19. The second-order valence-electron chi connectivity index (χ2n) is 6.55. The van der Waals surface area contributed by atoms with Crippen molar-refractivity contribution in [2.45, 2.75) is 58.2 Å². The Morgan fingerprint density at radius 1 is 1.32 bits per heavy atom. The van der Waals surface area contributed by atoms with Crippen LogP contribution in [0.2, 0.25) is 0 Å². The van der Waals surface area contributed by atoms with Gasteiger partial charge in [0, 0.05) is 24.7 Å². The Balaban J connectivity index is 1.70. The second-order valence-corrected chi connectivity index (χ2v) is 6.55. The van der Waals surface area contributed by atoms with Gasteiger partial charge in [0.05, 0.1) is 5.69 Å². The van der Waals surface area contributed by atoms with Gasteiger partial charge in [-0.1, -0.05) is 5.16 Å². The van der Waals surface area contributed by atoms with Crippen LogP contribution in [0.15, 0.2) is 4.52 Å². The standard InChI is InChI=1S/C16H25N3O3/c1-11-14(12(2)22-17-11)10-19-8-5-13(9-15(19)16(20)21)18-6-3-4-7-18/h13,15H,3-10H2,1-2H3,(H,20,21)/t13-,15+/m1/s1. The number of carbonyl (C=O) groups is 1.